The first-order chi connectivity index (χ1) is 12.1. The van der Waals surface area contributed by atoms with Crippen LogP contribution in [0.25, 0.3) is 10.9 Å². The van der Waals surface area contributed by atoms with E-state index in [0.29, 0.717) is 11.5 Å². The summed E-state index contributed by atoms with van der Waals surface area (Å²) in [5, 5.41) is 3.25. The van der Waals surface area contributed by atoms with Crippen LogP contribution in [0.4, 0.5) is 0 Å². The number of pyridine rings is 1. The molecule has 0 fully saturated rings. The summed E-state index contributed by atoms with van der Waals surface area (Å²) in [7, 11) is 0. The molecular formula is C20H20N2O3. The van der Waals surface area contributed by atoms with Gasteiger partial charge in [-0.15, -0.1) is 6.42 Å². The number of para-hydroxylation sites is 1. The largest absolute Gasteiger partial charge is 0.452 e. The van der Waals surface area contributed by atoms with E-state index in [1.807, 2.05) is 24.3 Å². The smallest absolute Gasteiger partial charge is 0.339 e. The van der Waals surface area contributed by atoms with Gasteiger partial charge in [-0.3, -0.25) is 9.78 Å². The average molecular weight is 336 g/mol. The van der Waals surface area contributed by atoms with E-state index in [9.17, 15) is 9.59 Å². The zero-order valence-corrected chi connectivity index (χ0v) is 14.2. The Kier molecular flexibility index (Phi) is 4.99. The number of terminal acetylenes is 1. The van der Waals surface area contributed by atoms with Crippen molar-refractivity contribution in [2.24, 2.45) is 5.92 Å². The van der Waals surface area contributed by atoms with Gasteiger partial charge in [-0.2, -0.15) is 0 Å². The number of fused-ring (bicyclic) bond motifs is 2. The van der Waals surface area contributed by atoms with Crippen LogP contribution in [0.5, 0.6) is 0 Å². The number of hydrogen-bond donors (Lipinski definition) is 1. The fourth-order valence-corrected chi connectivity index (χ4v) is 3.20. The van der Waals surface area contributed by atoms with Crippen molar-refractivity contribution in [1.29, 1.82) is 0 Å². The molecule has 1 atom stereocenters. The fraction of sp³-hybridized carbons (Fsp3) is 0.350. The number of amides is 1. The number of hydrogen-bond acceptors (Lipinski definition) is 4. The highest BCUT2D eigenvalue weighted by Crippen LogP contribution is 2.31. The molecule has 1 aromatic carbocycles. The van der Waals surface area contributed by atoms with E-state index in [-0.39, 0.29) is 13.2 Å². The van der Waals surface area contributed by atoms with Crippen LogP contribution >= 0.6 is 0 Å². The molecule has 3 rings (SSSR count). The van der Waals surface area contributed by atoms with Crippen LogP contribution in [0.15, 0.2) is 24.3 Å². The highest BCUT2D eigenvalue weighted by molar-refractivity contribution is 6.05. The first-order valence-electron chi connectivity index (χ1n) is 8.38. The second-order valence-electron chi connectivity index (χ2n) is 6.33. The van der Waals surface area contributed by atoms with Gasteiger partial charge in [0.1, 0.15) is 0 Å². The minimum absolute atomic E-state index is 0.113. The van der Waals surface area contributed by atoms with Crippen molar-refractivity contribution in [2.45, 2.75) is 26.2 Å². The fourth-order valence-electron chi connectivity index (χ4n) is 3.20. The summed E-state index contributed by atoms with van der Waals surface area (Å²) >= 11 is 0. The van der Waals surface area contributed by atoms with Gasteiger partial charge in [-0.05, 0) is 36.8 Å². The molecule has 25 heavy (non-hydrogen) atoms. The van der Waals surface area contributed by atoms with E-state index < -0.39 is 11.9 Å². The molecule has 0 saturated heterocycles. The standard InChI is InChI=1S/C20H20N2O3/c1-3-10-21-18(23)12-25-20(24)19-14-6-4-5-7-16(14)22-17-9-8-13(2)11-15(17)19/h1,4-7,13H,8-12H2,2H3,(H,21,23)/t13-/m0/s1. The van der Waals surface area contributed by atoms with Crippen molar-refractivity contribution >= 4 is 22.8 Å². The normalized spacial score (nSPS) is 15.9. The number of esters is 1. The lowest BCUT2D eigenvalue weighted by Gasteiger charge is -2.24. The molecule has 1 N–H and O–H groups in total. The predicted molar refractivity (Wildman–Crippen MR) is 95.1 cm³/mol. The topological polar surface area (TPSA) is 68.3 Å². The number of ether oxygens (including phenoxy) is 1. The molecule has 0 unspecified atom stereocenters. The molecule has 1 heterocycles. The van der Waals surface area contributed by atoms with Crippen molar-refractivity contribution in [3.63, 3.8) is 0 Å². The second kappa shape index (κ2) is 7.35. The van der Waals surface area contributed by atoms with Crippen LogP contribution in [0.1, 0.15) is 35.0 Å². The van der Waals surface area contributed by atoms with Crippen LogP contribution in [-0.4, -0.2) is 30.0 Å². The number of carbonyl (C=O) groups excluding carboxylic acids is 2. The summed E-state index contributed by atoms with van der Waals surface area (Å²) in [5.74, 6) is 1.90. The number of benzene rings is 1. The molecule has 1 amide bonds. The Morgan fingerprint density at radius 2 is 2.20 bits per heavy atom. The number of aromatic nitrogens is 1. The quantitative estimate of drug-likeness (QED) is 0.687. The highest BCUT2D eigenvalue weighted by atomic mass is 16.5. The summed E-state index contributed by atoms with van der Waals surface area (Å²) in [6, 6.07) is 7.54. The Balaban J connectivity index is 1.93. The first kappa shape index (κ1) is 17.0. The molecule has 0 bridgehead atoms. The lowest BCUT2D eigenvalue weighted by atomic mass is 9.84. The highest BCUT2D eigenvalue weighted by Gasteiger charge is 2.26. The minimum Gasteiger partial charge on any atom is -0.452 e. The van der Waals surface area contributed by atoms with Crippen LogP contribution in [-0.2, 0) is 22.4 Å². The van der Waals surface area contributed by atoms with Crippen molar-refractivity contribution in [3.8, 4) is 12.3 Å². The summed E-state index contributed by atoms with van der Waals surface area (Å²) in [6.45, 7) is 1.93. The van der Waals surface area contributed by atoms with Gasteiger partial charge in [0.25, 0.3) is 5.91 Å². The van der Waals surface area contributed by atoms with Crippen molar-refractivity contribution in [2.75, 3.05) is 13.2 Å². The molecular weight excluding hydrogens is 316 g/mol. The molecule has 5 nitrogen and oxygen atoms in total. The monoisotopic (exact) mass is 336 g/mol. The summed E-state index contributed by atoms with van der Waals surface area (Å²) in [4.78, 5) is 29.1. The van der Waals surface area contributed by atoms with E-state index in [4.69, 9.17) is 16.1 Å². The molecule has 1 aromatic heterocycles. The summed E-state index contributed by atoms with van der Waals surface area (Å²) in [6.07, 6.45) is 7.80. The SMILES string of the molecule is C#CCNC(=O)COC(=O)c1c2c(nc3ccccc13)CC[C@H](C)C2. The van der Waals surface area contributed by atoms with Crippen LogP contribution in [0.2, 0.25) is 0 Å². The Bertz CT molecular complexity index is 867. The Labute approximate surface area is 146 Å². The van der Waals surface area contributed by atoms with Gasteiger partial charge >= 0.3 is 5.97 Å². The first-order valence-corrected chi connectivity index (χ1v) is 8.38. The van der Waals surface area contributed by atoms with Gasteiger partial charge < -0.3 is 10.1 Å². The number of nitrogens with zero attached hydrogens (tertiary/aromatic N) is 1. The van der Waals surface area contributed by atoms with Gasteiger partial charge in [0, 0.05) is 11.1 Å². The average Bonchev–Trinajstić information content (AvgIpc) is 2.62. The molecule has 2 aromatic rings. The zero-order valence-electron chi connectivity index (χ0n) is 14.2. The molecule has 1 aliphatic rings. The maximum atomic E-state index is 12.7. The zero-order chi connectivity index (χ0) is 17.8. The Morgan fingerprint density at radius 1 is 1.40 bits per heavy atom. The molecule has 0 spiro atoms. The molecule has 128 valence electrons. The van der Waals surface area contributed by atoms with E-state index in [2.05, 4.69) is 18.2 Å². The summed E-state index contributed by atoms with van der Waals surface area (Å²) < 4.78 is 5.25. The Morgan fingerprint density at radius 3 is 3.00 bits per heavy atom. The van der Waals surface area contributed by atoms with E-state index in [1.54, 1.807) is 0 Å². The molecule has 0 saturated carbocycles. The third kappa shape index (κ3) is 3.63. The lowest BCUT2D eigenvalue weighted by molar-refractivity contribution is -0.123. The molecule has 0 aliphatic heterocycles. The third-order valence-electron chi connectivity index (χ3n) is 4.43. The van der Waals surface area contributed by atoms with Crippen LogP contribution in [0.3, 0.4) is 0 Å². The second-order valence-corrected chi connectivity index (χ2v) is 6.33. The number of nitrogens with one attached hydrogen (secondary N) is 1. The number of rotatable bonds is 4. The van der Waals surface area contributed by atoms with E-state index in [0.717, 1.165) is 41.4 Å². The molecule has 5 heteroatoms. The Hall–Kier alpha value is -2.87. The number of carbonyl (C=O) groups is 2. The van der Waals surface area contributed by atoms with Gasteiger partial charge in [-0.25, -0.2) is 4.79 Å². The van der Waals surface area contributed by atoms with Crippen LogP contribution < -0.4 is 5.32 Å². The third-order valence-corrected chi connectivity index (χ3v) is 4.43. The van der Waals surface area contributed by atoms with Crippen molar-refractivity contribution in [1.82, 2.24) is 10.3 Å². The summed E-state index contributed by atoms with van der Waals surface area (Å²) in [5.41, 5.74) is 3.23. The molecule has 0 radical (unpaired) electrons. The van der Waals surface area contributed by atoms with Gasteiger partial charge in [-0.1, -0.05) is 31.0 Å². The minimum atomic E-state index is -0.486. The van der Waals surface area contributed by atoms with Crippen molar-refractivity contribution in [3.05, 3.63) is 41.1 Å². The predicted octanol–water partition coefficient (Wildman–Crippen LogP) is 2.27. The van der Waals surface area contributed by atoms with Gasteiger partial charge in [0.05, 0.1) is 17.6 Å². The maximum Gasteiger partial charge on any atom is 0.339 e. The number of aryl methyl sites for hydroxylation is 1. The van der Waals surface area contributed by atoms with Crippen LogP contribution in [0, 0.1) is 18.3 Å². The van der Waals surface area contributed by atoms with Gasteiger partial charge in [0.15, 0.2) is 6.61 Å². The van der Waals surface area contributed by atoms with Crippen molar-refractivity contribution < 1.29 is 14.3 Å². The maximum absolute atomic E-state index is 12.7. The molecule has 1 aliphatic carbocycles. The van der Waals surface area contributed by atoms with E-state index in [1.165, 1.54) is 0 Å². The lowest BCUT2D eigenvalue weighted by Crippen LogP contribution is -2.29. The van der Waals surface area contributed by atoms with Gasteiger partial charge in [0.2, 0.25) is 0 Å². The van der Waals surface area contributed by atoms with E-state index >= 15 is 0 Å².